The van der Waals surface area contributed by atoms with E-state index in [1.807, 2.05) is 13.0 Å². The van der Waals surface area contributed by atoms with E-state index in [1.54, 1.807) is 12.1 Å². The standard InChI is InChI=1S/C17H15BrN4O5S/c1-10-8-12(18)4-7-14(10)27-9-15(23)20-21-17(28)19-16(24)11-2-5-13(6-3-11)22(25)26/h2-8H,9H2,1H3,(H,20,23)(H2,19,21,24,28). The van der Waals surface area contributed by atoms with Crippen LogP contribution in [0.25, 0.3) is 0 Å². The summed E-state index contributed by atoms with van der Waals surface area (Å²) < 4.78 is 6.31. The number of nitro groups is 1. The van der Waals surface area contributed by atoms with Crippen LogP contribution in [-0.2, 0) is 4.79 Å². The van der Waals surface area contributed by atoms with E-state index in [9.17, 15) is 19.7 Å². The fraction of sp³-hybridized carbons (Fsp3) is 0.118. The number of nitrogens with one attached hydrogen (secondary N) is 3. The number of carbonyl (C=O) groups excluding carboxylic acids is 2. The van der Waals surface area contributed by atoms with Gasteiger partial charge in [-0.05, 0) is 55.0 Å². The number of hydrogen-bond donors (Lipinski definition) is 3. The van der Waals surface area contributed by atoms with Gasteiger partial charge in [0.25, 0.3) is 17.5 Å². The molecule has 0 aliphatic heterocycles. The minimum Gasteiger partial charge on any atom is -0.483 e. The monoisotopic (exact) mass is 466 g/mol. The fourth-order valence-corrected chi connectivity index (χ4v) is 2.64. The Labute approximate surface area is 173 Å². The molecule has 0 bridgehead atoms. The van der Waals surface area contributed by atoms with Gasteiger partial charge >= 0.3 is 0 Å². The minimum absolute atomic E-state index is 0.134. The summed E-state index contributed by atoms with van der Waals surface area (Å²) in [7, 11) is 0. The average molecular weight is 467 g/mol. The molecule has 9 nitrogen and oxygen atoms in total. The molecule has 2 rings (SSSR count). The van der Waals surface area contributed by atoms with Crippen molar-refractivity contribution in [3.63, 3.8) is 0 Å². The number of hydrazine groups is 1. The lowest BCUT2D eigenvalue weighted by Gasteiger charge is -2.12. The zero-order valence-corrected chi connectivity index (χ0v) is 16.9. The smallest absolute Gasteiger partial charge is 0.276 e. The highest BCUT2D eigenvalue weighted by Gasteiger charge is 2.11. The summed E-state index contributed by atoms with van der Waals surface area (Å²) in [6, 6.07) is 10.4. The summed E-state index contributed by atoms with van der Waals surface area (Å²) in [5.74, 6) is -0.523. The number of halogens is 1. The van der Waals surface area contributed by atoms with Crippen LogP contribution >= 0.6 is 28.1 Å². The third-order valence-corrected chi connectivity index (χ3v) is 4.08. The number of carbonyl (C=O) groups is 2. The zero-order valence-electron chi connectivity index (χ0n) is 14.5. The van der Waals surface area contributed by atoms with Crippen LogP contribution in [0.15, 0.2) is 46.9 Å². The molecule has 0 unspecified atom stereocenters. The van der Waals surface area contributed by atoms with Crippen LogP contribution in [0.1, 0.15) is 15.9 Å². The lowest BCUT2D eigenvalue weighted by atomic mass is 10.2. The Bertz CT molecular complexity index is 920. The maximum atomic E-state index is 12.0. The van der Waals surface area contributed by atoms with Crippen molar-refractivity contribution in [1.82, 2.24) is 16.2 Å². The topological polar surface area (TPSA) is 123 Å². The molecule has 0 aliphatic carbocycles. The second-order valence-electron chi connectivity index (χ2n) is 5.46. The number of nitro benzene ring substituents is 1. The molecule has 0 radical (unpaired) electrons. The fourth-order valence-electron chi connectivity index (χ4n) is 2.02. The highest BCUT2D eigenvalue weighted by molar-refractivity contribution is 9.10. The lowest BCUT2D eigenvalue weighted by molar-refractivity contribution is -0.384. The van der Waals surface area contributed by atoms with E-state index in [1.165, 1.54) is 24.3 Å². The van der Waals surface area contributed by atoms with Crippen molar-refractivity contribution in [2.75, 3.05) is 6.61 Å². The molecule has 0 aromatic heterocycles. The van der Waals surface area contributed by atoms with E-state index < -0.39 is 16.7 Å². The Hall–Kier alpha value is -3.05. The molecule has 2 aromatic rings. The number of nitrogens with zero attached hydrogens (tertiary/aromatic N) is 1. The summed E-state index contributed by atoms with van der Waals surface area (Å²) in [6.07, 6.45) is 0. The largest absolute Gasteiger partial charge is 0.483 e. The van der Waals surface area contributed by atoms with Gasteiger partial charge in [-0.1, -0.05) is 15.9 Å². The Morgan fingerprint density at radius 1 is 1.18 bits per heavy atom. The Morgan fingerprint density at radius 3 is 2.46 bits per heavy atom. The molecule has 0 fully saturated rings. The molecule has 0 saturated heterocycles. The summed E-state index contributed by atoms with van der Waals surface area (Å²) in [5.41, 5.74) is 5.58. The number of non-ortho nitro benzene ring substituents is 1. The normalized spacial score (nSPS) is 9.93. The quantitative estimate of drug-likeness (QED) is 0.351. The molecule has 11 heteroatoms. The van der Waals surface area contributed by atoms with Crippen molar-refractivity contribution in [2.24, 2.45) is 0 Å². The van der Waals surface area contributed by atoms with Crippen LogP contribution < -0.4 is 20.9 Å². The van der Waals surface area contributed by atoms with E-state index >= 15 is 0 Å². The molecular weight excluding hydrogens is 452 g/mol. The molecule has 3 N–H and O–H groups in total. The number of ether oxygens (including phenoxy) is 1. The highest BCUT2D eigenvalue weighted by atomic mass is 79.9. The Kier molecular flexibility index (Phi) is 7.41. The van der Waals surface area contributed by atoms with Gasteiger partial charge in [0, 0.05) is 22.2 Å². The van der Waals surface area contributed by atoms with Crippen molar-refractivity contribution in [2.45, 2.75) is 6.92 Å². The maximum Gasteiger partial charge on any atom is 0.276 e. The van der Waals surface area contributed by atoms with Crippen molar-refractivity contribution < 1.29 is 19.2 Å². The van der Waals surface area contributed by atoms with Gasteiger partial charge in [-0.25, -0.2) is 0 Å². The number of aryl methyl sites for hydroxylation is 1. The predicted molar refractivity (Wildman–Crippen MR) is 109 cm³/mol. The molecular formula is C17H15BrN4O5S. The molecule has 0 aliphatic rings. The zero-order chi connectivity index (χ0) is 20.7. The van der Waals surface area contributed by atoms with Gasteiger partial charge in [0.1, 0.15) is 5.75 Å². The first kappa shape index (κ1) is 21.3. The van der Waals surface area contributed by atoms with Gasteiger partial charge in [-0.15, -0.1) is 0 Å². The van der Waals surface area contributed by atoms with Crippen LogP contribution in [0.4, 0.5) is 5.69 Å². The van der Waals surface area contributed by atoms with Crippen LogP contribution in [0.5, 0.6) is 5.75 Å². The van der Waals surface area contributed by atoms with Gasteiger partial charge in [-0.2, -0.15) is 0 Å². The van der Waals surface area contributed by atoms with Crippen molar-refractivity contribution in [1.29, 1.82) is 0 Å². The summed E-state index contributed by atoms with van der Waals surface area (Å²) >= 11 is 8.26. The highest BCUT2D eigenvalue weighted by Crippen LogP contribution is 2.21. The van der Waals surface area contributed by atoms with Crippen LogP contribution in [0.3, 0.4) is 0 Å². The predicted octanol–water partition coefficient (Wildman–Crippen LogP) is 2.38. The molecule has 0 spiro atoms. The third-order valence-electron chi connectivity index (χ3n) is 3.38. The van der Waals surface area contributed by atoms with Gasteiger partial charge in [0.15, 0.2) is 11.7 Å². The summed E-state index contributed by atoms with van der Waals surface area (Å²) in [5, 5.41) is 12.8. The van der Waals surface area contributed by atoms with Gasteiger partial charge in [0.2, 0.25) is 0 Å². The second-order valence-corrected chi connectivity index (χ2v) is 6.78. The Balaban J connectivity index is 1.77. The summed E-state index contributed by atoms with van der Waals surface area (Å²) in [4.78, 5) is 33.9. The van der Waals surface area contributed by atoms with E-state index in [0.717, 1.165) is 10.0 Å². The van der Waals surface area contributed by atoms with Gasteiger partial charge in [-0.3, -0.25) is 35.9 Å². The number of thiocarbonyl (C=S) groups is 1. The van der Waals surface area contributed by atoms with Crippen molar-refractivity contribution >= 4 is 50.8 Å². The van der Waals surface area contributed by atoms with Gasteiger partial charge < -0.3 is 4.74 Å². The number of rotatable bonds is 5. The van der Waals surface area contributed by atoms with Crippen LogP contribution in [-0.4, -0.2) is 28.5 Å². The summed E-state index contributed by atoms with van der Waals surface area (Å²) in [6.45, 7) is 1.59. The second kappa shape index (κ2) is 9.76. The van der Waals surface area contributed by atoms with Gasteiger partial charge in [0.05, 0.1) is 4.92 Å². The van der Waals surface area contributed by atoms with E-state index in [0.29, 0.717) is 5.75 Å². The van der Waals surface area contributed by atoms with E-state index in [4.69, 9.17) is 17.0 Å². The molecule has 0 heterocycles. The molecule has 146 valence electrons. The van der Waals surface area contributed by atoms with Crippen molar-refractivity contribution in [3.05, 3.63) is 68.2 Å². The SMILES string of the molecule is Cc1cc(Br)ccc1OCC(=O)NNC(=S)NC(=O)c1ccc([N+](=O)[O-])cc1. The molecule has 2 aromatic carbocycles. The number of benzene rings is 2. The maximum absolute atomic E-state index is 12.0. The molecule has 0 atom stereocenters. The van der Waals surface area contributed by atoms with E-state index in [2.05, 4.69) is 32.1 Å². The number of amides is 2. The van der Waals surface area contributed by atoms with Crippen LogP contribution in [0.2, 0.25) is 0 Å². The van der Waals surface area contributed by atoms with Crippen LogP contribution in [0, 0.1) is 17.0 Å². The number of hydrogen-bond acceptors (Lipinski definition) is 6. The molecule has 0 saturated carbocycles. The Morgan fingerprint density at radius 2 is 1.86 bits per heavy atom. The van der Waals surface area contributed by atoms with E-state index in [-0.39, 0.29) is 23.0 Å². The van der Waals surface area contributed by atoms with Crippen molar-refractivity contribution in [3.8, 4) is 5.75 Å². The third kappa shape index (κ3) is 6.28. The molecule has 28 heavy (non-hydrogen) atoms. The lowest BCUT2D eigenvalue weighted by Crippen LogP contribution is -2.49. The first-order chi connectivity index (χ1) is 13.3. The minimum atomic E-state index is -0.580. The average Bonchev–Trinajstić information content (AvgIpc) is 2.65. The first-order valence-corrected chi connectivity index (χ1v) is 9.00. The first-order valence-electron chi connectivity index (χ1n) is 7.80. The molecule has 2 amide bonds.